The summed E-state index contributed by atoms with van der Waals surface area (Å²) < 4.78 is 14.7. The van der Waals surface area contributed by atoms with Crippen molar-refractivity contribution in [3.8, 4) is 33.8 Å². The van der Waals surface area contributed by atoms with Gasteiger partial charge in [0.2, 0.25) is 5.91 Å². The Labute approximate surface area is 246 Å². The number of H-pyrrole nitrogens is 2. The largest absolute Gasteiger partial charge is 0.384 e. The standard InChI is InChI=1S/C32H30FN9O/c1-42(2)10-9-35-23-12-20(11-22(33)15-23)25-7-8-36-30-28(25)38-31(39-30)29-26-14-19(5-6-27(26)40-41-29)21-13-24(17-34-16-21)37-32(43)18-3-4-18/h5-8,11-18,35H,3-4,9-10H2,1-2H3,(H,37,43)(H,40,41)(H,36,38,39). The monoisotopic (exact) mass is 575 g/mol. The summed E-state index contributed by atoms with van der Waals surface area (Å²) in [4.78, 5) is 31.3. The summed E-state index contributed by atoms with van der Waals surface area (Å²) in [6, 6.07) is 14.7. The average Bonchev–Trinajstić information content (AvgIpc) is 3.62. The van der Waals surface area contributed by atoms with Crippen molar-refractivity contribution >= 4 is 39.3 Å². The van der Waals surface area contributed by atoms with Crippen LogP contribution in [-0.2, 0) is 4.79 Å². The van der Waals surface area contributed by atoms with Crippen molar-refractivity contribution in [3.05, 3.63) is 72.9 Å². The van der Waals surface area contributed by atoms with E-state index in [1.165, 1.54) is 12.1 Å². The molecule has 0 radical (unpaired) electrons. The molecule has 1 amide bonds. The van der Waals surface area contributed by atoms with Crippen molar-refractivity contribution in [3.63, 3.8) is 0 Å². The first-order chi connectivity index (χ1) is 20.9. The number of halogens is 1. The molecule has 4 aromatic heterocycles. The van der Waals surface area contributed by atoms with Crippen LogP contribution >= 0.6 is 0 Å². The zero-order valence-corrected chi connectivity index (χ0v) is 23.8. The molecular formula is C32H30FN9O. The van der Waals surface area contributed by atoms with E-state index in [0.717, 1.165) is 47.0 Å². The van der Waals surface area contributed by atoms with Crippen LogP contribution in [0.5, 0.6) is 0 Å². The number of pyridine rings is 2. The third-order valence-electron chi connectivity index (χ3n) is 7.56. The van der Waals surface area contributed by atoms with E-state index < -0.39 is 0 Å². The SMILES string of the molecule is CN(C)CCNc1cc(F)cc(-c2ccnc3nc(-c4n[nH]c5ccc(-c6cncc(NC(=O)C7CC7)c6)cc45)[nH]c23)c1. The van der Waals surface area contributed by atoms with Crippen LogP contribution in [-0.4, -0.2) is 68.1 Å². The number of hydrogen-bond donors (Lipinski definition) is 4. The molecule has 216 valence electrons. The molecule has 4 N–H and O–H groups in total. The van der Waals surface area contributed by atoms with Crippen molar-refractivity contribution < 1.29 is 9.18 Å². The maximum atomic E-state index is 14.7. The minimum absolute atomic E-state index is 0.0411. The molecule has 4 heterocycles. The highest BCUT2D eigenvalue weighted by atomic mass is 19.1. The first-order valence-corrected chi connectivity index (χ1v) is 14.2. The Balaban J connectivity index is 1.23. The van der Waals surface area contributed by atoms with E-state index in [4.69, 9.17) is 4.98 Å². The summed E-state index contributed by atoms with van der Waals surface area (Å²) in [5.74, 6) is 0.369. The molecule has 0 atom stereocenters. The summed E-state index contributed by atoms with van der Waals surface area (Å²) in [6.45, 7) is 1.52. The van der Waals surface area contributed by atoms with Crippen molar-refractivity contribution in [2.45, 2.75) is 12.8 Å². The van der Waals surface area contributed by atoms with Crippen LogP contribution in [0.15, 0.2) is 67.1 Å². The molecule has 1 fully saturated rings. The van der Waals surface area contributed by atoms with Gasteiger partial charge in [-0.25, -0.2) is 14.4 Å². The lowest BCUT2D eigenvalue weighted by Gasteiger charge is -2.13. The molecule has 10 nitrogen and oxygen atoms in total. The lowest BCUT2D eigenvalue weighted by atomic mass is 10.0. The number of aromatic nitrogens is 6. The van der Waals surface area contributed by atoms with Crippen molar-refractivity contribution in [1.82, 2.24) is 35.0 Å². The van der Waals surface area contributed by atoms with Crippen molar-refractivity contribution in [2.24, 2.45) is 5.92 Å². The molecule has 1 saturated carbocycles. The van der Waals surface area contributed by atoms with Crippen LogP contribution in [0.3, 0.4) is 0 Å². The molecule has 0 aliphatic heterocycles. The van der Waals surface area contributed by atoms with Gasteiger partial charge in [-0.3, -0.25) is 14.9 Å². The van der Waals surface area contributed by atoms with Crippen molar-refractivity contribution in [1.29, 1.82) is 0 Å². The van der Waals surface area contributed by atoms with E-state index in [-0.39, 0.29) is 17.6 Å². The molecule has 1 aliphatic carbocycles. The predicted molar refractivity (Wildman–Crippen MR) is 166 cm³/mol. The van der Waals surface area contributed by atoms with Gasteiger partial charge in [0, 0.05) is 53.6 Å². The second-order valence-corrected chi connectivity index (χ2v) is 11.2. The van der Waals surface area contributed by atoms with E-state index in [0.29, 0.717) is 46.2 Å². The second-order valence-electron chi connectivity index (χ2n) is 11.2. The summed E-state index contributed by atoms with van der Waals surface area (Å²) in [7, 11) is 4.00. The van der Waals surface area contributed by atoms with Gasteiger partial charge in [-0.2, -0.15) is 5.10 Å². The number of fused-ring (bicyclic) bond motifs is 2. The van der Waals surface area contributed by atoms with E-state index in [1.807, 2.05) is 50.5 Å². The Kier molecular flexibility index (Phi) is 6.78. The third-order valence-corrected chi connectivity index (χ3v) is 7.56. The minimum atomic E-state index is -0.328. The molecule has 1 aliphatic rings. The van der Waals surface area contributed by atoms with Crippen LogP contribution in [0.4, 0.5) is 15.8 Å². The van der Waals surface area contributed by atoms with Crippen LogP contribution in [0.1, 0.15) is 12.8 Å². The maximum Gasteiger partial charge on any atom is 0.227 e. The zero-order valence-electron chi connectivity index (χ0n) is 23.8. The summed E-state index contributed by atoms with van der Waals surface area (Å²) in [6.07, 6.45) is 6.99. The van der Waals surface area contributed by atoms with E-state index in [2.05, 4.69) is 40.7 Å². The molecule has 0 unspecified atom stereocenters. The Morgan fingerprint density at radius 1 is 1.02 bits per heavy atom. The summed E-state index contributed by atoms with van der Waals surface area (Å²) >= 11 is 0. The van der Waals surface area contributed by atoms with Crippen LogP contribution in [0, 0.1) is 11.7 Å². The van der Waals surface area contributed by atoms with Gasteiger partial charge in [0.05, 0.1) is 22.9 Å². The molecule has 0 saturated heterocycles. The van der Waals surface area contributed by atoms with Gasteiger partial charge in [0.25, 0.3) is 0 Å². The highest BCUT2D eigenvalue weighted by Crippen LogP contribution is 2.34. The normalized spacial score (nSPS) is 13.2. The number of nitrogens with one attached hydrogen (secondary N) is 4. The molecule has 0 spiro atoms. The van der Waals surface area contributed by atoms with Gasteiger partial charge in [-0.15, -0.1) is 0 Å². The van der Waals surface area contributed by atoms with E-state index in [9.17, 15) is 9.18 Å². The second kappa shape index (κ2) is 10.9. The third kappa shape index (κ3) is 5.54. The summed E-state index contributed by atoms with van der Waals surface area (Å²) in [5, 5.41) is 14.8. The number of hydrogen-bond acceptors (Lipinski definition) is 7. The number of rotatable bonds is 9. The van der Waals surface area contributed by atoms with E-state index in [1.54, 1.807) is 18.6 Å². The molecule has 0 bridgehead atoms. The Hall–Kier alpha value is -5.16. The number of carbonyl (C=O) groups is 1. The number of likely N-dealkylation sites (N-methyl/N-ethyl adjacent to an activating group) is 1. The minimum Gasteiger partial charge on any atom is -0.384 e. The number of anilines is 2. The Bertz CT molecular complexity index is 1980. The fraction of sp³-hybridized carbons (Fsp3) is 0.219. The maximum absolute atomic E-state index is 14.7. The lowest BCUT2D eigenvalue weighted by Crippen LogP contribution is -2.20. The number of carbonyl (C=O) groups excluding carboxylic acids is 1. The van der Waals surface area contributed by atoms with Gasteiger partial charge < -0.3 is 20.5 Å². The molecule has 11 heteroatoms. The molecule has 43 heavy (non-hydrogen) atoms. The molecule has 2 aromatic carbocycles. The van der Waals surface area contributed by atoms with Crippen LogP contribution < -0.4 is 10.6 Å². The fourth-order valence-corrected chi connectivity index (χ4v) is 5.16. The first-order valence-electron chi connectivity index (χ1n) is 14.2. The topological polar surface area (TPSA) is 128 Å². The van der Waals surface area contributed by atoms with E-state index >= 15 is 0 Å². The van der Waals surface area contributed by atoms with Gasteiger partial charge in [-0.05, 0) is 80.5 Å². The number of imidazole rings is 1. The number of nitrogens with zero attached hydrogens (tertiary/aromatic N) is 5. The fourth-order valence-electron chi connectivity index (χ4n) is 5.16. The first kappa shape index (κ1) is 26.7. The number of benzene rings is 2. The number of amides is 1. The van der Waals surface area contributed by atoms with Crippen LogP contribution in [0.25, 0.3) is 55.8 Å². The molecule has 7 rings (SSSR count). The lowest BCUT2D eigenvalue weighted by molar-refractivity contribution is -0.117. The molecule has 6 aromatic rings. The smallest absolute Gasteiger partial charge is 0.227 e. The van der Waals surface area contributed by atoms with Gasteiger partial charge in [0.1, 0.15) is 11.5 Å². The van der Waals surface area contributed by atoms with Crippen LogP contribution in [0.2, 0.25) is 0 Å². The quantitative estimate of drug-likeness (QED) is 0.174. The van der Waals surface area contributed by atoms with Crippen molar-refractivity contribution in [2.75, 3.05) is 37.8 Å². The van der Waals surface area contributed by atoms with Gasteiger partial charge in [0.15, 0.2) is 11.5 Å². The summed E-state index contributed by atoms with van der Waals surface area (Å²) in [5.41, 5.74) is 7.36. The van der Waals surface area contributed by atoms with Gasteiger partial charge >= 0.3 is 0 Å². The predicted octanol–water partition coefficient (Wildman–Crippen LogP) is 5.69. The zero-order chi connectivity index (χ0) is 29.5. The Morgan fingerprint density at radius 3 is 2.72 bits per heavy atom. The Morgan fingerprint density at radius 2 is 1.88 bits per heavy atom. The highest BCUT2D eigenvalue weighted by molar-refractivity contribution is 5.98. The average molecular weight is 576 g/mol. The highest BCUT2D eigenvalue weighted by Gasteiger charge is 2.29. The molecular weight excluding hydrogens is 545 g/mol. The van der Waals surface area contributed by atoms with Gasteiger partial charge in [-0.1, -0.05) is 6.07 Å². The number of aromatic amines is 2.